The lowest BCUT2D eigenvalue weighted by Crippen LogP contribution is -2.30. The van der Waals surface area contributed by atoms with E-state index in [0.717, 1.165) is 96.3 Å². The van der Waals surface area contributed by atoms with Crippen LogP contribution >= 0.6 is 0 Å². The first-order chi connectivity index (χ1) is 37.0. The zero-order valence-electron chi connectivity index (χ0n) is 49.8. The third-order valence-electron chi connectivity index (χ3n) is 14.2. The van der Waals surface area contributed by atoms with E-state index in [2.05, 4.69) is 93.7 Å². The molecule has 0 saturated heterocycles. The average Bonchev–Trinajstić information content (AvgIpc) is 3.41. The Labute approximate surface area is 465 Å². The second-order valence-electron chi connectivity index (χ2n) is 21.6. The van der Waals surface area contributed by atoms with Crippen LogP contribution in [-0.4, -0.2) is 37.2 Å². The summed E-state index contributed by atoms with van der Waals surface area (Å²) in [6, 6.07) is 0. The van der Waals surface area contributed by atoms with Crippen LogP contribution in [0.5, 0.6) is 0 Å². The number of carbonyl (C=O) groups excluding carboxylic acids is 3. The summed E-state index contributed by atoms with van der Waals surface area (Å²) in [6.07, 6.45) is 81.9. The van der Waals surface area contributed by atoms with E-state index in [1.807, 2.05) is 0 Å². The molecule has 6 nitrogen and oxygen atoms in total. The number of allylic oxidation sites excluding steroid dienone is 12. The Kier molecular flexibility index (Phi) is 60.7. The Morgan fingerprint density at radius 2 is 0.520 bits per heavy atom. The highest BCUT2D eigenvalue weighted by atomic mass is 16.6. The van der Waals surface area contributed by atoms with Crippen LogP contribution in [-0.2, 0) is 28.6 Å². The van der Waals surface area contributed by atoms with Crippen molar-refractivity contribution < 1.29 is 28.6 Å². The van der Waals surface area contributed by atoms with Gasteiger partial charge in [-0.05, 0) is 109 Å². The molecule has 0 heterocycles. The highest BCUT2D eigenvalue weighted by Gasteiger charge is 2.19. The molecule has 0 radical (unpaired) electrons. The minimum atomic E-state index is -0.784. The molecule has 0 aliphatic heterocycles. The zero-order valence-corrected chi connectivity index (χ0v) is 49.8. The quantitative estimate of drug-likeness (QED) is 0.0261. The molecule has 0 aromatic heterocycles. The van der Waals surface area contributed by atoms with Gasteiger partial charge in [-0.3, -0.25) is 14.4 Å². The van der Waals surface area contributed by atoms with Gasteiger partial charge in [0.05, 0.1) is 0 Å². The molecule has 0 spiro atoms. The SMILES string of the molecule is CC/C=C\C/C=C\C/C=C\C/C=C\CCCCCCCCCCC(=O)OCC(COC(=O)CCCCCCC/C=C\CCCCCCCC)OC(=O)CCCCCCCCCCC/C=C\CCCCCCCCCC. The molecule has 0 aromatic rings. The molecule has 1 atom stereocenters. The van der Waals surface area contributed by atoms with Crippen molar-refractivity contribution in [1.29, 1.82) is 0 Å². The van der Waals surface area contributed by atoms with E-state index in [1.54, 1.807) is 0 Å². The summed E-state index contributed by atoms with van der Waals surface area (Å²) in [5.41, 5.74) is 0. The van der Waals surface area contributed by atoms with E-state index < -0.39 is 6.10 Å². The first kappa shape index (κ1) is 71.8. The first-order valence-corrected chi connectivity index (χ1v) is 32.4. The van der Waals surface area contributed by atoms with Crippen molar-refractivity contribution in [2.75, 3.05) is 13.2 Å². The highest BCUT2D eigenvalue weighted by molar-refractivity contribution is 5.71. The van der Waals surface area contributed by atoms with Gasteiger partial charge in [0.2, 0.25) is 0 Å². The summed E-state index contributed by atoms with van der Waals surface area (Å²) in [5.74, 6) is -0.884. The Hall–Kier alpha value is -3.15. The van der Waals surface area contributed by atoms with Crippen LogP contribution in [0.2, 0.25) is 0 Å². The van der Waals surface area contributed by atoms with E-state index in [1.165, 1.54) is 193 Å². The van der Waals surface area contributed by atoms with Gasteiger partial charge in [-0.2, -0.15) is 0 Å². The fourth-order valence-corrected chi connectivity index (χ4v) is 9.31. The van der Waals surface area contributed by atoms with E-state index in [4.69, 9.17) is 14.2 Å². The van der Waals surface area contributed by atoms with Gasteiger partial charge in [0.25, 0.3) is 0 Å². The summed E-state index contributed by atoms with van der Waals surface area (Å²) >= 11 is 0. The monoisotopic (exact) mass is 1050 g/mol. The van der Waals surface area contributed by atoms with Crippen molar-refractivity contribution in [1.82, 2.24) is 0 Å². The fraction of sp³-hybridized carbons (Fsp3) is 0.783. The Morgan fingerprint density at radius 3 is 0.827 bits per heavy atom. The minimum Gasteiger partial charge on any atom is -0.462 e. The molecule has 0 fully saturated rings. The molecule has 1 unspecified atom stereocenters. The Morgan fingerprint density at radius 1 is 0.280 bits per heavy atom. The smallest absolute Gasteiger partial charge is 0.306 e. The number of ether oxygens (including phenoxy) is 3. The molecule has 75 heavy (non-hydrogen) atoms. The van der Waals surface area contributed by atoms with Crippen molar-refractivity contribution in [2.45, 2.75) is 335 Å². The van der Waals surface area contributed by atoms with E-state index in [9.17, 15) is 14.4 Å². The fourth-order valence-electron chi connectivity index (χ4n) is 9.31. The van der Waals surface area contributed by atoms with Crippen molar-refractivity contribution in [2.24, 2.45) is 0 Å². The van der Waals surface area contributed by atoms with Crippen molar-refractivity contribution in [3.05, 3.63) is 72.9 Å². The van der Waals surface area contributed by atoms with Gasteiger partial charge >= 0.3 is 17.9 Å². The van der Waals surface area contributed by atoms with Gasteiger partial charge in [-0.1, -0.05) is 273 Å². The largest absolute Gasteiger partial charge is 0.462 e. The summed E-state index contributed by atoms with van der Waals surface area (Å²) in [6.45, 7) is 6.55. The maximum absolute atomic E-state index is 12.9. The molecular formula is C69H122O6. The lowest BCUT2D eigenvalue weighted by atomic mass is 10.1. The molecule has 0 saturated carbocycles. The number of hydrogen-bond acceptors (Lipinski definition) is 6. The Balaban J connectivity index is 4.37. The number of rotatable bonds is 59. The number of carbonyl (C=O) groups is 3. The van der Waals surface area contributed by atoms with Crippen LogP contribution in [0.4, 0.5) is 0 Å². The van der Waals surface area contributed by atoms with Gasteiger partial charge in [-0.25, -0.2) is 0 Å². The highest BCUT2D eigenvalue weighted by Crippen LogP contribution is 2.16. The summed E-state index contributed by atoms with van der Waals surface area (Å²) < 4.78 is 16.9. The lowest BCUT2D eigenvalue weighted by Gasteiger charge is -2.18. The Bertz CT molecular complexity index is 1390. The van der Waals surface area contributed by atoms with Gasteiger partial charge < -0.3 is 14.2 Å². The molecule has 0 aliphatic rings. The predicted molar refractivity (Wildman–Crippen MR) is 325 cm³/mol. The normalized spacial score (nSPS) is 12.5. The topological polar surface area (TPSA) is 78.9 Å². The van der Waals surface area contributed by atoms with Gasteiger partial charge in [0.15, 0.2) is 6.10 Å². The van der Waals surface area contributed by atoms with Crippen molar-refractivity contribution >= 4 is 17.9 Å². The second kappa shape index (κ2) is 63.4. The summed E-state index contributed by atoms with van der Waals surface area (Å²) in [7, 11) is 0. The van der Waals surface area contributed by atoms with E-state index >= 15 is 0 Å². The second-order valence-corrected chi connectivity index (χ2v) is 21.6. The number of esters is 3. The zero-order chi connectivity index (χ0) is 54.3. The maximum Gasteiger partial charge on any atom is 0.306 e. The lowest BCUT2D eigenvalue weighted by molar-refractivity contribution is -0.167. The van der Waals surface area contributed by atoms with Crippen molar-refractivity contribution in [3.63, 3.8) is 0 Å². The minimum absolute atomic E-state index is 0.0814. The first-order valence-electron chi connectivity index (χ1n) is 32.4. The molecule has 0 N–H and O–H groups in total. The van der Waals surface area contributed by atoms with Gasteiger partial charge in [0.1, 0.15) is 13.2 Å². The van der Waals surface area contributed by atoms with Crippen molar-refractivity contribution in [3.8, 4) is 0 Å². The summed E-state index contributed by atoms with van der Waals surface area (Å²) in [4.78, 5) is 38.3. The third-order valence-corrected chi connectivity index (χ3v) is 14.2. The molecule has 434 valence electrons. The van der Waals surface area contributed by atoms with E-state index in [-0.39, 0.29) is 31.1 Å². The molecule has 0 amide bonds. The summed E-state index contributed by atoms with van der Waals surface area (Å²) in [5, 5.41) is 0. The van der Waals surface area contributed by atoms with Crippen LogP contribution in [0, 0.1) is 0 Å². The average molecular weight is 1050 g/mol. The maximum atomic E-state index is 12.9. The predicted octanol–water partition coefficient (Wildman–Crippen LogP) is 22.1. The molecule has 6 heteroatoms. The third kappa shape index (κ3) is 61.6. The molecule has 0 aliphatic carbocycles. The number of unbranched alkanes of at least 4 members (excludes halogenated alkanes) is 36. The molecule has 0 bridgehead atoms. The standard InChI is InChI=1S/C69H122O6/c1-4-7-10-13-16-19-22-25-28-30-32-34-36-38-41-44-47-50-53-56-59-62-68(71)74-65-66(64-73-67(70)61-58-55-52-49-46-43-40-27-24-21-18-15-12-9-6-3)75-69(72)63-60-57-54-51-48-45-42-39-37-35-33-31-29-26-23-20-17-14-11-8-5-2/h7,10,16,19,25,27-28,31-34,40,66H,4-6,8-9,11-15,17-18,20-24,26,29-30,35-39,41-65H2,1-3H3/b10-7-,19-16-,28-25-,33-31-,34-32-,40-27-. The van der Waals surface area contributed by atoms with Crippen LogP contribution in [0.15, 0.2) is 72.9 Å². The van der Waals surface area contributed by atoms with Crippen LogP contribution < -0.4 is 0 Å². The molecular weight excluding hydrogens is 925 g/mol. The van der Waals surface area contributed by atoms with Crippen LogP contribution in [0.3, 0.4) is 0 Å². The van der Waals surface area contributed by atoms with Crippen LogP contribution in [0.25, 0.3) is 0 Å². The van der Waals surface area contributed by atoms with Crippen LogP contribution in [0.1, 0.15) is 329 Å². The van der Waals surface area contributed by atoms with Gasteiger partial charge in [-0.15, -0.1) is 0 Å². The van der Waals surface area contributed by atoms with E-state index in [0.29, 0.717) is 19.3 Å². The molecule has 0 aromatic carbocycles. The number of hydrogen-bond donors (Lipinski definition) is 0. The van der Waals surface area contributed by atoms with Gasteiger partial charge in [0, 0.05) is 19.3 Å². The molecule has 0 rings (SSSR count).